The number of hydrogen-bond acceptors (Lipinski definition) is 3. The number of nitrogens with two attached hydrogens (primary N) is 1. The molecule has 0 aromatic heterocycles. The lowest BCUT2D eigenvalue weighted by Gasteiger charge is -2.09. The first-order valence-corrected chi connectivity index (χ1v) is 2.51. The number of thiol groups is 1. The van der Waals surface area contributed by atoms with Crippen LogP contribution in [-0.2, 0) is 0 Å². The van der Waals surface area contributed by atoms with E-state index in [1.54, 1.807) is 0 Å². The third-order valence-electron chi connectivity index (χ3n) is 0.623. The summed E-state index contributed by atoms with van der Waals surface area (Å²) in [5, 5.41) is 13.6. The highest BCUT2D eigenvalue weighted by Gasteiger charge is 2.19. The molecule has 0 spiro atoms. The minimum atomic E-state index is -1.62. The Morgan fingerprint density at radius 3 is 2.00 bits per heavy atom. The number of carbonyl (C=O) groups excluding carboxylic acids is 1. The maximum Gasteiger partial charge on any atom is 0.421 e. The van der Waals surface area contributed by atoms with Gasteiger partial charge in [-0.15, -0.1) is 0 Å². The molecule has 7 heteroatoms. The number of imide groups is 1. The van der Waals surface area contributed by atoms with Gasteiger partial charge in [0, 0.05) is 0 Å². The predicted molar refractivity (Wildman–Crippen MR) is 36.2 cm³/mol. The number of nitrogens with zero attached hydrogens (tertiary/aromatic N) is 1. The first-order valence-electron chi connectivity index (χ1n) is 2.06. The molecule has 0 saturated carbocycles. The smallest absolute Gasteiger partial charge is 0.421 e. The van der Waals surface area contributed by atoms with Crippen LogP contribution >= 0.6 is 12.6 Å². The fourth-order valence-electron chi connectivity index (χ4n) is 0.288. The van der Waals surface area contributed by atoms with E-state index in [0.29, 0.717) is 0 Å². The molecule has 0 bridgehead atoms. The second kappa shape index (κ2) is 3.06. The number of rotatable bonds is 0. The molecule has 0 saturated heterocycles. The van der Waals surface area contributed by atoms with E-state index in [1.807, 2.05) is 0 Å². The van der Waals surface area contributed by atoms with Crippen LogP contribution in [0.4, 0.5) is 9.59 Å². The van der Waals surface area contributed by atoms with Crippen molar-refractivity contribution in [3.05, 3.63) is 0 Å². The van der Waals surface area contributed by atoms with Gasteiger partial charge in [0.15, 0.2) is 0 Å². The van der Waals surface area contributed by atoms with E-state index in [-0.39, 0.29) is 4.90 Å². The summed E-state index contributed by atoms with van der Waals surface area (Å²) in [4.78, 5) is 20.2. The summed E-state index contributed by atoms with van der Waals surface area (Å²) >= 11 is 3.16. The van der Waals surface area contributed by atoms with Crippen LogP contribution in [0.15, 0.2) is 0 Å². The van der Waals surface area contributed by atoms with Gasteiger partial charge < -0.3 is 10.8 Å². The first kappa shape index (κ1) is 8.76. The molecular weight excluding hydrogens is 158 g/mol. The van der Waals surface area contributed by atoms with Crippen molar-refractivity contribution in [3.8, 4) is 0 Å². The van der Waals surface area contributed by atoms with Gasteiger partial charge in [0.25, 0.3) is 5.24 Å². The van der Waals surface area contributed by atoms with Crippen molar-refractivity contribution in [3.63, 3.8) is 0 Å². The Morgan fingerprint density at radius 1 is 1.60 bits per heavy atom. The van der Waals surface area contributed by atoms with Gasteiger partial charge in [0.05, 0.1) is 0 Å². The van der Waals surface area contributed by atoms with Crippen LogP contribution in [0.2, 0.25) is 0 Å². The van der Waals surface area contributed by atoms with Crippen LogP contribution in [-0.4, -0.2) is 27.3 Å². The number of amides is 2. The number of guanidine groups is 1. The van der Waals surface area contributed by atoms with Gasteiger partial charge in [-0.2, -0.15) is 4.90 Å². The lowest BCUT2D eigenvalue weighted by Crippen LogP contribution is -2.41. The number of carbonyl (C=O) groups is 2. The van der Waals surface area contributed by atoms with E-state index in [0.717, 1.165) is 0 Å². The van der Waals surface area contributed by atoms with E-state index in [2.05, 4.69) is 12.6 Å². The zero-order valence-electron chi connectivity index (χ0n) is 4.74. The number of carboxylic acid groups (broad SMARTS) is 1. The van der Waals surface area contributed by atoms with Crippen molar-refractivity contribution in [2.75, 3.05) is 0 Å². The van der Waals surface area contributed by atoms with E-state index in [9.17, 15) is 9.59 Å². The fourth-order valence-corrected chi connectivity index (χ4v) is 0.481. The molecule has 0 radical (unpaired) electrons. The standard InChI is InChI=1S/C3H5N3O3S/c4-1(5)6(2(7)8)3(9)10/h(H3,4,5)(H,7,8)(H,9,10). The topological polar surface area (TPSA) is 107 Å². The Labute approximate surface area is 61.5 Å². The van der Waals surface area contributed by atoms with Crippen LogP contribution in [0.5, 0.6) is 0 Å². The molecule has 0 fully saturated rings. The molecule has 0 aliphatic heterocycles. The third kappa shape index (κ3) is 1.94. The molecule has 0 heterocycles. The molecule has 0 aromatic rings. The van der Waals surface area contributed by atoms with Gasteiger partial charge in [-0.05, 0) is 0 Å². The third-order valence-corrected chi connectivity index (χ3v) is 0.823. The minimum Gasteiger partial charge on any atom is -0.464 e. The minimum absolute atomic E-state index is 0.00309. The summed E-state index contributed by atoms with van der Waals surface area (Å²) in [6.07, 6.45) is -1.62. The molecule has 10 heavy (non-hydrogen) atoms. The molecule has 6 nitrogen and oxygen atoms in total. The molecule has 0 aliphatic carbocycles. The van der Waals surface area contributed by atoms with Gasteiger partial charge in [-0.25, -0.2) is 4.79 Å². The highest BCUT2D eigenvalue weighted by molar-refractivity contribution is 7.96. The first-order chi connectivity index (χ1) is 4.46. The van der Waals surface area contributed by atoms with Crippen LogP contribution in [0, 0.1) is 5.41 Å². The summed E-state index contributed by atoms with van der Waals surface area (Å²) in [5.41, 5.74) is 4.70. The molecule has 56 valence electrons. The fraction of sp³-hybridized carbons (Fsp3) is 0. The second-order valence-electron chi connectivity index (χ2n) is 1.29. The van der Waals surface area contributed by atoms with E-state index in [1.165, 1.54) is 0 Å². The summed E-state index contributed by atoms with van der Waals surface area (Å²) in [6, 6.07) is 0. The van der Waals surface area contributed by atoms with Crippen molar-refractivity contribution in [1.29, 1.82) is 5.41 Å². The van der Waals surface area contributed by atoms with Crippen molar-refractivity contribution >= 4 is 29.9 Å². The maximum atomic E-state index is 10.2. The SMILES string of the molecule is N=C(N)N(C(=O)O)C(=O)S. The Morgan fingerprint density at radius 2 is 2.00 bits per heavy atom. The summed E-state index contributed by atoms with van der Waals surface area (Å²) in [5.74, 6) is -0.868. The molecule has 0 aliphatic rings. The predicted octanol–water partition coefficient (Wildman–Crippen LogP) is -0.0903. The van der Waals surface area contributed by atoms with Crippen LogP contribution in [0.3, 0.4) is 0 Å². The van der Waals surface area contributed by atoms with Crippen LogP contribution in [0.1, 0.15) is 0 Å². The second-order valence-corrected chi connectivity index (χ2v) is 1.67. The quantitative estimate of drug-likeness (QED) is 0.227. The van der Waals surface area contributed by atoms with E-state index in [4.69, 9.17) is 16.2 Å². The van der Waals surface area contributed by atoms with Gasteiger partial charge in [-0.1, -0.05) is 12.6 Å². The molecule has 0 rings (SSSR count). The zero-order valence-corrected chi connectivity index (χ0v) is 5.63. The molecule has 4 N–H and O–H groups in total. The Bertz CT molecular complexity index is 158. The summed E-state index contributed by atoms with van der Waals surface area (Å²) in [6.45, 7) is 0. The largest absolute Gasteiger partial charge is 0.464 e. The Balaban J connectivity index is 4.43. The van der Waals surface area contributed by atoms with Crippen molar-refractivity contribution in [1.82, 2.24) is 4.90 Å². The number of hydrogen-bond donors (Lipinski definition) is 4. The van der Waals surface area contributed by atoms with Crippen molar-refractivity contribution < 1.29 is 14.7 Å². The Kier molecular flexibility index (Phi) is 2.68. The molecule has 0 unspecified atom stereocenters. The molecule has 2 amide bonds. The lowest BCUT2D eigenvalue weighted by atomic mass is 10.8. The van der Waals surface area contributed by atoms with Gasteiger partial charge in [0.2, 0.25) is 5.96 Å². The molecular formula is C3H5N3O3S. The number of nitrogens with one attached hydrogen (secondary N) is 1. The van der Waals surface area contributed by atoms with E-state index >= 15 is 0 Å². The maximum absolute atomic E-state index is 10.2. The normalized spacial score (nSPS) is 8.50. The monoisotopic (exact) mass is 163 g/mol. The van der Waals surface area contributed by atoms with Gasteiger partial charge in [0.1, 0.15) is 0 Å². The average Bonchev–Trinajstić information content (AvgIpc) is 1.59. The van der Waals surface area contributed by atoms with Crippen molar-refractivity contribution in [2.45, 2.75) is 0 Å². The van der Waals surface area contributed by atoms with Crippen molar-refractivity contribution in [2.24, 2.45) is 5.73 Å². The van der Waals surface area contributed by atoms with Gasteiger partial charge in [-0.3, -0.25) is 10.2 Å². The van der Waals surface area contributed by atoms with Gasteiger partial charge >= 0.3 is 6.09 Å². The lowest BCUT2D eigenvalue weighted by molar-refractivity contribution is 0.174. The van der Waals surface area contributed by atoms with Crippen LogP contribution < -0.4 is 5.73 Å². The zero-order chi connectivity index (χ0) is 8.31. The van der Waals surface area contributed by atoms with E-state index < -0.39 is 17.3 Å². The van der Waals surface area contributed by atoms with Crippen LogP contribution in [0.25, 0.3) is 0 Å². The Hall–Kier alpha value is -1.24. The molecule has 0 aromatic carbocycles. The highest BCUT2D eigenvalue weighted by atomic mass is 32.1. The average molecular weight is 163 g/mol. The highest BCUT2D eigenvalue weighted by Crippen LogP contribution is 1.94. The summed E-state index contributed by atoms with van der Waals surface area (Å²) < 4.78 is 0. The molecule has 0 atom stereocenters. The summed E-state index contributed by atoms with van der Waals surface area (Å²) in [7, 11) is 0.